The van der Waals surface area contributed by atoms with E-state index < -0.39 is 22.0 Å². The number of piperidine rings is 2. The molecule has 0 saturated carbocycles. The van der Waals surface area contributed by atoms with Crippen LogP contribution in [0.2, 0.25) is 10.0 Å². The second kappa shape index (κ2) is 26.8. The van der Waals surface area contributed by atoms with Crippen LogP contribution in [0.25, 0.3) is 22.3 Å². The Morgan fingerprint density at radius 1 is 0.513 bits per heavy atom. The van der Waals surface area contributed by atoms with E-state index in [1.807, 2.05) is 165 Å². The maximum Gasteiger partial charge on any atom is 0.338 e. The highest BCUT2D eigenvalue weighted by atomic mass is 35.5. The van der Waals surface area contributed by atoms with E-state index in [9.17, 15) is 18.0 Å². The lowest BCUT2D eigenvalue weighted by Gasteiger charge is -2.39. The second-order valence-corrected chi connectivity index (χ2v) is 26.2. The molecule has 0 bridgehead atoms. The Morgan fingerprint density at radius 3 is 1.13 bits per heavy atom. The lowest BCUT2D eigenvalue weighted by molar-refractivity contribution is 0.0517. The van der Waals surface area contributed by atoms with E-state index in [0.29, 0.717) is 46.2 Å². The Bertz CT molecular complexity index is 2690. The molecule has 0 radical (unpaired) electrons. The summed E-state index contributed by atoms with van der Waals surface area (Å²) in [5.41, 5.74) is 10.1. The third-order valence-corrected chi connectivity index (χ3v) is 17.7. The number of carbonyl (C=O) groups excluding carboxylic acids is 2. The summed E-state index contributed by atoms with van der Waals surface area (Å²) in [6.45, 7) is 19.9. The Morgan fingerprint density at radius 2 is 0.829 bits per heavy atom. The molecule has 0 aliphatic carbocycles. The van der Waals surface area contributed by atoms with Gasteiger partial charge in [-0.3, -0.25) is 0 Å². The van der Waals surface area contributed by atoms with Crippen LogP contribution >= 0.6 is 23.2 Å². The Balaban J connectivity index is 0.000000221. The predicted octanol–water partition coefficient (Wildman–Crippen LogP) is 14.4. The summed E-state index contributed by atoms with van der Waals surface area (Å²) in [6, 6.07) is 47.8. The monoisotopic (exact) mass is 1100 g/mol. The number of rotatable bonds is 16. The zero-order valence-electron chi connectivity index (χ0n) is 45.2. The minimum Gasteiger partial charge on any atom is -0.462 e. The van der Waals surface area contributed by atoms with E-state index >= 15 is 0 Å². The molecule has 2 saturated heterocycles. The molecule has 4 atom stereocenters. The van der Waals surface area contributed by atoms with Crippen molar-refractivity contribution in [2.45, 2.75) is 103 Å². The Hall–Kier alpha value is -5.34. The molecule has 2 N–H and O–H groups in total. The smallest absolute Gasteiger partial charge is 0.338 e. The summed E-state index contributed by atoms with van der Waals surface area (Å²) in [7, 11) is -2.44. The first-order valence-electron chi connectivity index (χ1n) is 26.4. The summed E-state index contributed by atoms with van der Waals surface area (Å²) < 4.78 is 43.2. The van der Waals surface area contributed by atoms with Crippen molar-refractivity contribution in [3.63, 3.8) is 0 Å². The summed E-state index contributed by atoms with van der Waals surface area (Å²) in [4.78, 5) is 28.7. The predicted molar refractivity (Wildman–Crippen MR) is 316 cm³/mol. The topological polar surface area (TPSA) is 117 Å². The first-order valence-corrected chi connectivity index (χ1v) is 29.5. The molecule has 10 nitrogen and oxygen atoms in total. The van der Waals surface area contributed by atoms with E-state index in [4.69, 9.17) is 32.7 Å². The van der Waals surface area contributed by atoms with Crippen molar-refractivity contribution in [1.82, 2.24) is 9.44 Å². The van der Waals surface area contributed by atoms with E-state index in [2.05, 4.69) is 55.6 Å². The minimum absolute atomic E-state index is 0.0599. The number of hydrogen-bond donors (Lipinski definition) is 2. The van der Waals surface area contributed by atoms with Crippen LogP contribution in [0.1, 0.15) is 125 Å². The first-order chi connectivity index (χ1) is 36.3. The normalized spacial score (nSPS) is 16.2. The fraction of sp³-hybridized carbons (Fsp3) is 0.387. The number of nitrogens with one attached hydrogen (secondary N) is 2. The van der Waals surface area contributed by atoms with Crippen LogP contribution in [0, 0.1) is 11.8 Å². The fourth-order valence-electron chi connectivity index (χ4n) is 9.76. The largest absolute Gasteiger partial charge is 0.462 e. The Labute approximate surface area is 466 Å². The van der Waals surface area contributed by atoms with Crippen molar-refractivity contribution in [3.8, 4) is 22.3 Å². The molecular weight excluding hydrogens is 1030 g/mol. The van der Waals surface area contributed by atoms with Gasteiger partial charge in [0.2, 0.25) is 0 Å². The average molecular weight is 1110 g/mol. The average Bonchev–Trinajstić information content (AvgIpc) is 3.42. The molecule has 2 heterocycles. The van der Waals surface area contributed by atoms with Gasteiger partial charge in [-0.25, -0.2) is 27.5 Å². The van der Waals surface area contributed by atoms with Gasteiger partial charge in [-0.1, -0.05) is 96.0 Å². The number of ether oxygens (including phenoxy) is 2. The van der Waals surface area contributed by atoms with Crippen molar-refractivity contribution in [3.05, 3.63) is 178 Å². The molecule has 2 fully saturated rings. The van der Waals surface area contributed by atoms with E-state index in [0.717, 1.165) is 96.6 Å². The van der Waals surface area contributed by atoms with Crippen LogP contribution in [-0.2, 0) is 31.4 Å². The number of nitrogens with zero attached hydrogens (tertiary/aromatic N) is 2. The number of anilines is 2. The van der Waals surface area contributed by atoms with Crippen molar-refractivity contribution >= 4 is 68.5 Å². The highest BCUT2D eigenvalue weighted by Crippen LogP contribution is 2.40. The number of halogens is 2. The summed E-state index contributed by atoms with van der Waals surface area (Å²) in [6.07, 6.45) is 3.81. The zero-order chi connectivity index (χ0) is 54.6. The van der Waals surface area contributed by atoms with Crippen LogP contribution in [0.4, 0.5) is 11.4 Å². The van der Waals surface area contributed by atoms with E-state index in [1.54, 1.807) is 0 Å². The first kappa shape index (κ1) is 58.3. The van der Waals surface area contributed by atoms with Gasteiger partial charge in [-0.2, -0.15) is 0 Å². The van der Waals surface area contributed by atoms with Gasteiger partial charge in [0.1, 0.15) is 0 Å². The van der Waals surface area contributed by atoms with Gasteiger partial charge < -0.3 is 19.3 Å². The van der Waals surface area contributed by atoms with Gasteiger partial charge in [0.05, 0.1) is 55.8 Å². The highest BCUT2D eigenvalue weighted by molar-refractivity contribution is 7.84. The minimum atomic E-state index is -1.22. The lowest BCUT2D eigenvalue weighted by Crippen LogP contribution is -2.42. The van der Waals surface area contributed by atoms with Crippen LogP contribution < -0.4 is 19.2 Å². The van der Waals surface area contributed by atoms with Crippen molar-refractivity contribution < 1.29 is 27.5 Å². The standard InChI is InChI=1S/2C31H37ClN2O3S/c2*1-5-37-30(35)24-12-16-26(17-13-24)34-20-18-23(19-21-34)29(33-38(36)31(2,3)4)28-9-7-6-8-27(28)22-10-14-25(32)15-11-22/h2*6-17,23,29,33H,5,18-21H2,1-4H3/t29-,38+;29-,38-/m10/s1. The van der Waals surface area contributed by atoms with Crippen LogP contribution in [0.15, 0.2) is 146 Å². The molecule has 404 valence electrons. The Kier molecular flexibility index (Phi) is 20.6. The van der Waals surface area contributed by atoms with E-state index in [1.165, 1.54) is 0 Å². The fourth-order valence-corrected chi connectivity index (χ4v) is 11.8. The highest BCUT2D eigenvalue weighted by Gasteiger charge is 2.35. The third kappa shape index (κ3) is 15.4. The number of hydrogen-bond acceptors (Lipinski definition) is 8. The van der Waals surface area contributed by atoms with Gasteiger partial charge in [-0.15, -0.1) is 0 Å². The SMILES string of the molecule is CCOC(=O)c1ccc(N2CCC([C@@H](N[S@@](=O)C(C)(C)C)c3ccccc3-c3ccc(Cl)cc3)CC2)cc1.CCOC(=O)c1ccc(N2CCC([C@H](N[S@@](=O)C(C)(C)C)c3ccccc3-c3ccc(Cl)cc3)CC2)cc1. The number of carbonyl (C=O) groups is 2. The summed E-state index contributed by atoms with van der Waals surface area (Å²) in [5.74, 6) is 0.0327. The maximum atomic E-state index is 13.3. The molecule has 2 aliphatic heterocycles. The number of benzene rings is 6. The van der Waals surface area contributed by atoms with Gasteiger partial charge in [0.15, 0.2) is 0 Å². The van der Waals surface area contributed by atoms with Gasteiger partial charge in [0.25, 0.3) is 0 Å². The second-order valence-electron chi connectivity index (χ2n) is 21.3. The molecule has 0 spiro atoms. The maximum absolute atomic E-state index is 13.3. The quantitative estimate of drug-likeness (QED) is 0.0921. The van der Waals surface area contributed by atoms with Crippen molar-refractivity contribution in [1.29, 1.82) is 0 Å². The van der Waals surface area contributed by atoms with Crippen LogP contribution in [-0.4, -0.2) is 69.2 Å². The summed E-state index contributed by atoms with van der Waals surface area (Å²) in [5, 5.41) is 1.41. The van der Waals surface area contributed by atoms with Crippen LogP contribution in [0.3, 0.4) is 0 Å². The lowest BCUT2D eigenvalue weighted by atomic mass is 9.83. The third-order valence-electron chi connectivity index (χ3n) is 14.0. The zero-order valence-corrected chi connectivity index (χ0v) is 48.3. The molecule has 0 amide bonds. The van der Waals surface area contributed by atoms with Crippen LogP contribution in [0.5, 0.6) is 0 Å². The molecule has 0 aromatic heterocycles. The number of esters is 2. The molecule has 0 unspecified atom stereocenters. The van der Waals surface area contributed by atoms with Crippen molar-refractivity contribution in [2.24, 2.45) is 11.8 Å². The molecule has 8 rings (SSSR count). The molecule has 6 aromatic carbocycles. The van der Waals surface area contributed by atoms with Crippen molar-refractivity contribution in [2.75, 3.05) is 49.2 Å². The van der Waals surface area contributed by atoms with Gasteiger partial charge in [-0.05, 0) is 199 Å². The molecule has 6 aromatic rings. The molecule has 2 aliphatic rings. The summed E-state index contributed by atoms with van der Waals surface area (Å²) >= 11 is 12.3. The molecule has 14 heteroatoms. The van der Waals surface area contributed by atoms with Gasteiger partial charge >= 0.3 is 11.9 Å². The van der Waals surface area contributed by atoms with Gasteiger partial charge in [0, 0.05) is 59.7 Å². The molecule has 76 heavy (non-hydrogen) atoms. The van der Waals surface area contributed by atoms with E-state index in [-0.39, 0.29) is 33.5 Å². The molecular formula is C62H74Cl2N4O6S2.